The lowest BCUT2D eigenvalue weighted by atomic mass is 10.0. The standard InChI is InChI=1S/C15H24N2O8S/c1-9(2)8-10(14(19)17-6-4-3-5-7-17)16-13(18)11-12(15(20)21)25-26(22,23)24-11/h9-12H,3-8H2,1-2H3,(H,16,18)(H,20,21)/t10-,11-,12-/m0/s1. The summed E-state index contributed by atoms with van der Waals surface area (Å²) in [5, 5.41) is 11.5. The van der Waals surface area contributed by atoms with Crippen molar-refractivity contribution >= 4 is 28.2 Å². The molecule has 2 rings (SSSR count). The van der Waals surface area contributed by atoms with Gasteiger partial charge >= 0.3 is 16.4 Å². The first kappa shape index (κ1) is 20.6. The largest absolute Gasteiger partial charge is 0.479 e. The summed E-state index contributed by atoms with van der Waals surface area (Å²) in [6.07, 6.45) is -0.721. The average Bonchev–Trinajstić information content (AvgIpc) is 2.90. The zero-order chi connectivity index (χ0) is 19.5. The van der Waals surface area contributed by atoms with Crippen molar-refractivity contribution in [1.82, 2.24) is 10.2 Å². The van der Waals surface area contributed by atoms with Gasteiger partial charge in [-0.25, -0.2) is 13.2 Å². The highest BCUT2D eigenvalue weighted by atomic mass is 32.3. The third-order valence-corrected chi connectivity index (χ3v) is 5.10. The van der Waals surface area contributed by atoms with Crippen LogP contribution in [0.15, 0.2) is 0 Å². The smallest absolute Gasteiger partial charge is 0.401 e. The molecule has 3 atom stereocenters. The molecule has 0 aromatic carbocycles. The number of piperidine rings is 1. The van der Waals surface area contributed by atoms with Crippen molar-refractivity contribution in [3.05, 3.63) is 0 Å². The van der Waals surface area contributed by atoms with Crippen LogP contribution >= 0.6 is 0 Å². The molecule has 0 aromatic rings. The van der Waals surface area contributed by atoms with Crippen molar-refractivity contribution in [3.63, 3.8) is 0 Å². The second-order valence-corrected chi connectivity index (χ2v) is 8.06. The molecule has 0 unspecified atom stereocenters. The van der Waals surface area contributed by atoms with E-state index in [0.29, 0.717) is 19.5 Å². The Morgan fingerprint density at radius 1 is 1.12 bits per heavy atom. The fourth-order valence-corrected chi connectivity index (χ4v) is 3.94. The molecule has 0 saturated carbocycles. The van der Waals surface area contributed by atoms with Gasteiger partial charge in [-0.05, 0) is 31.6 Å². The first-order chi connectivity index (χ1) is 12.1. The van der Waals surface area contributed by atoms with E-state index >= 15 is 0 Å². The van der Waals surface area contributed by atoms with Crippen LogP contribution in [0.4, 0.5) is 0 Å². The number of nitrogens with one attached hydrogen (secondary N) is 1. The average molecular weight is 392 g/mol. The van der Waals surface area contributed by atoms with Gasteiger partial charge < -0.3 is 15.3 Å². The molecule has 2 aliphatic rings. The minimum Gasteiger partial charge on any atom is -0.479 e. The minimum atomic E-state index is -4.57. The molecule has 2 N–H and O–H groups in total. The van der Waals surface area contributed by atoms with Crippen molar-refractivity contribution in [1.29, 1.82) is 0 Å². The van der Waals surface area contributed by atoms with Gasteiger partial charge in [-0.15, -0.1) is 0 Å². The molecule has 0 spiro atoms. The summed E-state index contributed by atoms with van der Waals surface area (Å²) in [7, 11) is -4.57. The van der Waals surface area contributed by atoms with Crippen molar-refractivity contribution in [2.45, 2.75) is 57.8 Å². The fraction of sp³-hybridized carbons (Fsp3) is 0.800. The van der Waals surface area contributed by atoms with E-state index in [1.165, 1.54) is 0 Å². The molecular formula is C15H24N2O8S. The third kappa shape index (κ3) is 5.15. The van der Waals surface area contributed by atoms with E-state index in [4.69, 9.17) is 5.11 Å². The third-order valence-electron chi connectivity index (χ3n) is 4.21. The van der Waals surface area contributed by atoms with E-state index in [1.54, 1.807) is 4.90 Å². The Kier molecular flexibility index (Phi) is 6.58. The Hall–Kier alpha value is -1.72. The molecule has 148 valence electrons. The summed E-state index contributed by atoms with van der Waals surface area (Å²) in [5.74, 6) is -2.84. The molecular weight excluding hydrogens is 368 g/mol. The minimum absolute atomic E-state index is 0.0776. The van der Waals surface area contributed by atoms with Gasteiger partial charge in [-0.3, -0.25) is 9.59 Å². The van der Waals surface area contributed by atoms with Crippen molar-refractivity contribution < 1.29 is 36.3 Å². The van der Waals surface area contributed by atoms with E-state index in [1.807, 2.05) is 13.8 Å². The van der Waals surface area contributed by atoms with E-state index in [0.717, 1.165) is 19.3 Å². The highest BCUT2D eigenvalue weighted by Gasteiger charge is 2.49. The van der Waals surface area contributed by atoms with Gasteiger partial charge in [0.25, 0.3) is 5.91 Å². The summed E-state index contributed by atoms with van der Waals surface area (Å²) in [5.41, 5.74) is 0. The summed E-state index contributed by atoms with van der Waals surface area (Å²) >= 11 is 0. The Morgan fingerprint density at radius 3 is 2.23 bits per heavy atom. The lowest BCUT2D eigenvalue weighted by molar-refractivity contribution is -0.150. The van der Waals surface area contributed by atoms with Gasteiger partial charge in [-0.1, -0.05) is 13.8 Å². The summed E-state index contributed by atoms with van der Waals surface area (Å²) in [4.78, 5) is 37.9. The molecule has 0 aromatic heterocycles. The maximum absolute atomic E-state index is 12.7. The van der Waals surface area contributed by atoms with Crippen LogP contribution in [0, 0.1) is 5.92 Å². The predicted molar refractivity (Wildman–Crippen MR) is 88.1 cm³/mol. The SMILES string of the molecule is CC(C)C[C@H](NC(=O)[C@H]1OS(=O)(=O)O[C@@H]1C(=O)O)C(=O)N1CCCCC1. The van der Waals surface area contributed by atoms with Crippen LogP contribution in [0.25, 0.3) is 0 Å². The van der Waals surface area contributed by atoms with Crippen LogP contribution in [0.5, 0.6) is 0 Å². The summed E-state index contributed by atoms with van der Waals surface area (Å²) in [6.45, 7) is 4.95. The maximum atomic E-state index is 12.7. The van der Waals surface area contributed by atoms with Crippen LogP contribution in [0.2, 0.25) is 0 Å². The Balaban J connectivity index is 2.12. The highest BCUT2D eigenvalue weighted by molar-refractivity contribution is 7.82. The van der Waals surface area contributed by atoms with Crippen LogP contribution in [-0.4, -0.2) is 67.5 Å². The number of carboxylic acids is 1. The van der Waals surface area contributed by atoms with Crippen molar-refractivity contribution in [2.24, 2.45) is 5.92 Å². The van der Waals surface area contributed by atoms with Gasteiger partial charge in [0.1, 0.15) is 6.04 Å². The van der Waals surface area contributed by atoms with Gasteiger partial charge in [0.05, 0.1) is 0 Å². The zero-order valence-corrected chi connectivity index (χ0v) is 15.5. The molecule has 0 radical (unpaired) electrons. The molecule has 10 nitrogen and oxygen atoms in total. The summed E-state index contributed by atoms with van der Waals surface area (Å²) in [6, 6.07) is -0.887. The maximum Gasteiger partial charge on any atom is 0.401 e. The number of carbonyl (C=O) groups excluding carboxylic acids is 2. The number of hydrogen-bond donors (Lipinski definition) is 2. The molecule has 2 heterocycles. The Labute approximate surface area is 152 Å². The van der Waals surface area contributed by atoms with E-state index in [9.17, 15) is 22.8 Å². The zero-order valence-electron chi connectivity index (χ0n) is 14.7. The molecule has 11 heteroatoms. The number of hydrogen-bond acceptors (Lipinski definition) is 7. The number of rotatable bonds is 6. The van der Waals surface area contributed by atoms with Crippen LogP contribution < -0.4 is 5.32 Å². The molecule has 2 saturated heterocycles. The van der Waals surface area contributed by atoms with Crippen LogP contribution in [0.3, 0.4) is 0 Å². The highest BCUT2D eigenvalue weighted by Crippen LogP contribution is 2.22. The second kappa shape index (κ2) is 8.31. The van der Waals surface area contributed by atoms with Crippen LogP contribution in [-0.2, 0) is 33.1 Å². The van der Waals surface area contributed by atoms with Crippen molar-refractivity contribution in [2.75, 3.05) is 13.1 Å². The molecule has 2 fully saturated rings. The van der Waals surface area contributed by atoms with Gasteiger partial charge in [-0.2, -0.15) is 8.42 Å². The van der Waals surface area contributed by atoms with E-state index < -0.39 is 40.5 Å². The lowest BCUT2D eigenvalue weighted by Gasteiger charge is -2.31. The predicted octanol–water partition coefficient (Wildman–Crippen LogP) is -0.357. The van der Waals surface area contributed by atoms with E-state index in [2.05, 4.69) is 13.7 Å². The molecule has 2 aliphatic heterocycles. The number of carboxylic acid groups (broad SMARTS) is 1. The van der Waals surface area contributed by atoms with Gasteiger partial charge in [0.15, 0.2) is 6.10 Å². The molecule has 26 heavy (non-hydrogen) atoms. The number of amides is 2. The summed E-state index contributed by atoms with van der Waals surface area (Å²) < 4.78 is 31.4. The number of carbonyl (C=O) groups is 3. The van der Waals surface area contributed by atoms with Crippen molar-refractivity contribution in [3.8, 4) is 0 Å². The second-order valence-electron chi connectivity index (χ2n) is 6.86. The topological polar surface area (TPSA) is 139 Å². The first-order valence-electron chi connectivity index (χ1n) is 8.54. The number of likely N-dealkylation sites (tertiary alicyclic amines) is 1. The lowest BCUT2D eigenvalue weighted by Crippen LogP contribution is -2.54. The normalized spacial score (nSPS) is 26.5. The number of nitrogens with zero attached hydrogens (tertiary/aromatic N) is 1. The number of aliphatic carboxylic acids is 1. The quantitative estimate of drug-likeness (QED) is 0.625. The Morgan fingerprint density at radius 2 is 1.69 bits per heavy atom. The van der Waals surface area contributed by atoms with Gasteiger partial charge in [0, 0.05) is 13.1 Å². The Bertz CT molecular complexity index is 657. The fourth-order valence-electron chi connectivity index (χ4n) is 3.01. The molecule has 0 bridgehead atoms. The molecule has 2 amide bonds. The van der Waals surface area contributed by atoms with Gasteiger partial charge in [0.2, 0.25) is 12.0 Å². The van der Waals surface area contributed by atoms with E-state index in [-0.39, 0.29) is 11.8 Å². The molecule has 0 aliphatic carbocycles. The first-order valence-corrected chi connectivity index (χ1v) is 9.87. The van der Waals surface area contributed by atoms with Crippen LogP contribution in [0.1, 0.15) is 39.5 Å². The monoisotopic (exact) mass is 392 g/mol.